The van der Waals surface area contributed by atoms with Crippen molar-refractivity contribution in [2.24, 2.45) is 11.5 Å². The zero-order valence-electron chi connectivity index (χ0n) is 11.3. The van der Waals surface area contributed by atoms with E-state index in [0.29, 0.717) is 0 Å². The van der Waals surface area contributed by atoms with Gasteiger partial charge in [0.1, 0.15) is 23.3 Å². The summed E-state index contributed by atoms with van der Waals surface area (Å²) in [5.41, 5.74) is 11.3. The van der Waals surface area contributed by atoms with Gasteiger partial charge in [0.05, 0.1) is 6.61 Å². The molecule has 1 amide bonds. The average Bonchev–Trinajstić information content (AvgIpc) is 3.24. The van der Waals surface area contributed by atoms with Crippen molar-refractivity contribution in [2.75, 3.05) is 19.7 Å². The molecule has 2 heterocycles. The van der Waals surface area contributed by atoms with E-state index in [4.69, 9.17) is 26.7 Å². The van der Waals surface area contributed by atoms with Gasteiger partial charge in [0.15, 0.2) is 6.23 Å². The maximum absolute atomic E-state index is 11.8. The van der Waals surface area contributed by atoms with Crippen molar-refractivity contribution >= 4 is 11.7 Å². The van der Waals surface area contributed by atoms with Crippen molar-refractivity contribution < 1.29 is 14.6 Å². The second-order valence-electron chi connectivity index (χ2n) is 4.97. The van der Waals surface area contributed by atoms with Gasteiger partial charge in [-0.05, 0) is 19.3 Å². The van der Waals surface area contributed by atoms with E-state index < -0.39 is 12.1 Å². The Labute approximate surface area is 117 Å². The van der Waals surface area contributed by atoms with Gasteiger partial charge < -0.3 is 31.5 Å². The number of rotatable bonds is 4. The molecule has 8 nitrogen and oxygen atoms in total. The van der Waals surface area contributed by atoms with Gasteiger partial charge in [0, 0.05) is 13.1 Å². The van der Waals surface area contributed by atoms with E-state index in [2.05, 4.69) is 5.32 Å². The summed E-state index contributed by atoms with van der Waals surface area (Å²) < 4.78 is 4.98. The Bertz CT molecular complexity index is 431. The number of ether oxygens (including phenoxy) is 1. The molecule has 2 aliphatic heterocycles. The molecular formula is C12H21N5O3. The molecule has 7 N–H and O–H groups in total. The maximum Gasteiger partial charge on any atom is 0.271 e. The second-order valence-corrected chi connectivity index (χ2v) is 4.97. The van der Waals surface area contributed by atoms with E-state index in [9.17, 15) is 4.79 Å². The summed E-state index contributed by atoms with van der Waals surface area (Å²) in [6.45, 7) is 1.35. The van der Waals surface area contributed by atoms with Gasteiger partial charge >= 0.3 is 0 Å². The molecule has 112 valence electrons. The molecular weight excluding hydrogens is 262 g/mol. The van der Waals surface area contributed by atoms with Gasteiger partial charge in [0.2, 0.25) is 0 Å². The lowest BCUT2D eigenvalue weighted by Gasteiger charge is -2.29. The highest BCUT2D eigenvalue weighted by Crippen LogP contribution is 2.18. The normalized spacial score (nSPS) is 26.8. The number of hydrogen-bond donors (Lipinski definition) is 5. The standard InChI is InChI=1S/C12H21N5O3/c13-8(10(15)17-4-2-1-3-5-17)9(14)11(19)16-12-7(6-18)20-12/h7,12,15,18H,1-6,13-14H2,(H,16,19)/b9-8+,15-10?. The van der Waals surface area contributed by atoms with E-state index in [0.717, 1.165) is 32.4 Å². The van der Waals surface area contributed by atoms with Crippen molar-refractivity contribution in [3.63, 3.8) is 0 Å². The highest BCUT2D eigenvalue weighted by Gasteiger charge is 2.40. The number of nitrogens with zero attached hydrogens (tertiary/aromatic N) is 1. The molecule has 0 aliphatic carbocycles. The smallest absolute Gasteiger partial charge is 0.271 e. The average molecular weight is 283 g/mol. The molecule has 0 saturated carbocycles. The van der Waals surface area contributed by atoms with Crippen molar-refractivity contribution in [3.05, 3.63) is 11.4 Å². The topological polar surface area (TPSA) is 141 Å². The van der Waals surface area contributed by atoms with Crippen molar-refractivity contribution in [1.29, 1.82) is 5.41 Å². The zero-order valence-corrected chi connectivity index (χ0v) is 11.3. The number of amidine groups is 1. The molecule has 2 rings (SSSR count). The quantitative estimate of drug-likeness (QED) is 0.182. The molecule has 0 spiro atoms. The number of aliphatic hydroxyl groups excluding tert-OH is 1. The molecule has 8 heteroatoms. The third-order valence-electron chi connectivity index (χ3n) is 3.50. The molecule has 2 atom stereocenters. The summed E-state index contributed by atoms with van der Waals surface area (Å²) in [6.07, 6.45) is 2.26. The van der Waals surface area contributed by atoms with Crippen LogP contribution in [-0.2, 0) is 9.53 Å². The minimum atomic E-state index is -0.579. The first-order valence-corrected chi connectivity index (χ1v) is 6.71. The fourth-order valence-corrected chi connectivity index (χ4v) is 2.15. The summed E-state index contributed by atoms with van der Waals surface area (Å²) in [4.78, 5) is 13.7. The predicted molar refractivity (Wildman–Crippen MR) is 72.4 cm³/mol. The van der Waals surface area contributed by atoms with E-state index >= 15 is 0 Å². The van der Waals surface area contributed by atoms with Gasteiger partial charge in [0.25, 0.3) is 5.91 Å². The fraction of sp³-hybridized carbons (Fsp3) is 0.667. The van der Waals surface area contributed by atoms with Gasteiger partial charge in [-0.15, -0.1) is 0 Å². The molecule has 2 fully saturated rings. The lowest BCUT2D eigenvalue weighted by atomic mass is 10.1. The number of piperidine rings is 1. The molecule has 0 radical (unpaired) electrons. The van der Waals surface area contributed by atoms with Crippen LogP contribution < -0.4 is 16.8 Å². The van der Waals surface area contributed by atoms with Gasteiger partial charge in [-0.25, -0.2) is 0 Å². The number of amides is 1. The molecule has 0 aromatic heterocycles. The SMILES string of the molecule is N=C(/C(N)=C(\N)C(=O)NC1OC1CO)N1CCCCC1. The number of nitrogens with one attached hydrogen (secondary N) is 2. The van der Waals surface area contributed by atoms with Crippen molar-refractivity contribution in [2.45, 2.75) is 31.6 Å². The summed E-state index contributed by atoms with van der Waals surface area (Å²) in [5, 5.41) is 19.3. The number of carbonyl (C=O) groups excluding carboxylic acids is 1. The molecule has 0 bridgehead atoms. The highest BCUT2D eigenvalue weighted by molar-refractivity contribution is 6.04. The highest BCUT2D eigenvalue weighted by atomic mass is 16.6. The zero-order chi connectivity index (χ0) is 14.7. The first kappa shape index (κ1) is 14.6. The Hall–Kier alpha value is -1.80. The first-order chi connectivity index (χ1) is 9.54. The summed E-state index contributed by atoms with van der Waals surface area (Å²) in [6, 6.07) is 0. The van der Waals surface area contributed by atoms with Gasteiger partial charge in [-0.1, -0.05) is 0 Å². The second kappa shape index (κ2) is 6.10. The molecule has 20 heavy (non-hydrogen) atoms. The van der Waals surface area contributed by atoms with E-state index in [-0.39, 0.29) is 29.9 Å². The first-order valence-electron chi connectivity index (χ1n) is 6.71. The maximum atomic E-state index is 11.8. The number of hydrogen-bond acceptors (Lipinski definition) is 6. The van der Waals surface area contributed by atoms with Crippen LogP contribution in [0.15, 0.2) is 11.4 Å². The lowest BCUT2D eigenvalue weighted by molar-refractivity contribution is -0.118. The summed E-state index contributed by atoms with van der Waals surface area (Å²) in [5.74, 6) is -0.488. The van der Waals surface area contributed by atoms with Crippen LogP contribution in [0, 0.1) is 5.41 Å². The van der Waals surface area contributed by atoms with E-state index in [1.54, 1.807) is 0 Å². The third kappa shape index (κ3) is 3.20. The minimum Gasteiger partial charge on any atom is -0.394 e. The monoisotopic (exact) mass is 283 g/mol. The Morgan fingerprint density at radius 3 is 2.50 bits per heavy atom. The van der Waals surface area contributed by atoms with E-state index in [1.165, 1.54) is 0 Å². The Morgan fingerprint density at radius 1 is 1.30 bits per heavy atom. The number of epoxide rings is 1. The molecule has 0 aromatic rings. The largest absolute Gasteiger partial charge is 0.394 e. The Morgan fingerprint density at radius 2 is 1.95 bits per heavy atom. The van der Waals surface area contributed by atoms with Crippen LogP contribution in [0.25, 0.3) is 0 Å². The third-order valence-corrected chi connectivity index (χ3v) is 3.50. The Kier molecular flexibility index (Phi) is 4.46. The Balaban J connectivity index is 1.94. The van der Waals surface area contributed by atoms with Crippen LogP contribution >= 0.6 is 0 Å². The van der Waals surface area contributed by atoms with Crippen LogP contribution in [0.2, 0.25) is 0 Å². The van der Waals surface area contributed by atoms with Gasteiger partial charge in [-0.3, -0.25) is 10.2 Å². The van der Waals surface area contributed by atoms with E-state index in [1.807, 2.05) is 4.90 Å². The fourth-order valence-electron chi connectivity index (χ4n) is 2.15. The molecule has 0 aromatic carbocycles. The van der Waals surface area contributed by atoms with Crippen LogP contribution in [0.3, 0.4) is 0 Å². The summed E-state index contributed by atoms with van der Waals surface area (Å²) >= 11 is 0. The predicted octanol–water partition coefficient (Wildman–Crippen LogP) is -1.59. The van der Waals surface area contributed by atoms with Crippen LogP contribution in [0.4, 0.5) is 0 Å². The number of aliphatic hydroxyl groups is 1. The molecule has 2 saturated heterocycles. The molecule has 2 aliphatic rings. The number of carbonyl (C=O) groups is 1. The van der Waals surface area contributed by atoms with Crippen molar-refractivity contribution in [3.8, 4) is 0 Å². The van der Waals surface area contributed by atoms with Crippen LogP contribution in [0.5, 0.6) is 0 Å². The van der Waals surface area contributed by atoms with Gasteiger partial charge in [-0.2, -0.15) is 0 Å². The summed E-state index contributed by atoms with van der Waals surface area (Å²) in [7, 11) is 0. The van der Waals surface area contributed by atoms with Crippen molar-refractivity contribution in [1.82, 2.24) is 10.2 Å². The van der Waals surface area contributed by atoms with Crippen LogP contribution in [-0.4, -0.2) is 53.8 Å². The number of nitrogens with two attached hydrogens (primary N) is 2. The molecule has 2 unspecified atom stereocenters. The minimum absolute atomic E-state index is 0.0226. The number of likely N-dealkylation sites (tertiary alicyclic amines) is 1. The van der Waals surface area contributed by atoms with Crippen LogP contribution in [0.1, 0.15) is 19.3 Å². The lowest BCUT2D eigenvalue weighted by Crippen LogP contribution is -2.41.